The van der Waals surface area contributed by atoms with Crippen LogP contribution in [0.15, 0.2) is 24.3 Å². The van der Waals surface area contributed by atoms with Crippen LogP contribution in [-0.4, -0.2) is 11.5 Å². The summed E-state index contributed by atoms with van der Waals surface area (Å²) in [6.45, 7) is 0. The summed E-state index contributed by atoms with van der Waals surface area (Å²) in [6.07, 6.45) is 6.36. The number of ketones is 1. The van der Waals surface area contributed by atoms with Crippen LogP contribution in [0, 0.1) is 11.3 Å². The second-order valence-electron chi connectivity index (χ2n) is 4.75. The summed E-state index contributed by atoms with van der Waals surface area (Å²) < 4.78 is 0. The van der Waals surface area contributed by atoms with E-state index in [0.29, 0.717) is 17.5 Å². The number of fused-ring (bicyclic) bond motifs is 2. The standard InChI is InChI=1S/C14H14OS/c15-13(9-16)14-6-5-10-3-1-2-4-11(10)7-12(14)8-14/h1-5,7,12,16H,6,8-9H2. The van der Waals surface area contributed by atoms with Crippen LogP contribution < -0.4 is 10.4 Å². The second kappa shape index (κ2) is 3.49. The van der Waals surface area contributed by atoms with Gasteiger partial charge in [0.05, 0.1) is 0 Å². The van der Waals surface area contributed by atoms with E-state index in [0.717, 1.165) is 12.8 Å². The Morgan fingerprint density at radius 2 is 2.12 bits per heavy atom. The third-order valence-corrected chi connectivity index (χ3v) is 4.18. The number of Topliss-reactive ketones (excluding diaryl/α,β-unsaturated/α-hetero) is 1. The molecule has 1 saturated carbocycles. The quantitative estimate of drug-likeness (QED) is 0.754. The van der Waals surface area contributed by atoms with Gasteiger partial charge >= 0.3 is 0 Å². The molecule has 16 heavy (non-hydrogen) atoms. The van der Waals surface area contributed by atoms with Gasteiger partial charge in [-0.3, -0.25) is 4.79 Å². The van der Waals surface area contributed by atoms with E-state index in [4.69, 9.17) is 0 Å². The van der Waals surface area contributed by atoms with Gasteiger partial charge in [-0.2, -0.15) is 12.6 Å². The molecule has 0 saturated heterocycles. The van der Waals surface area contributed by atoms with Crippen molar-refractivity contribution in [3.63, 3.8) is 0 Å². The van der Waals surface area contributed by atoms with E-state index in [9.17, 15) is 4.79 Å². The zero-order valence-electron chi connectivity index (χ0n) is 9.02. The van der Waals surface area contributed by atoms with Gasteiger partial charge in [-0.25, -0.2) is 0 Å². The molecule has 1 aromatic rings. The van der Waals surface area contributed by atoms with Gasteiger partial charge in [0.25, 0.3) is 0 Å². The molecule has 0 spiro atoms. The molecule has 0 amide bonds. The van der Waals surface area contributed by atoms with Crippen molar-refractivity contribution in [3.8, 4) is 0 Å². The summed E-state index contributed by atoms with van der Waals surface area (Å²) in [5.41, 5.74) is -0.110. The molecule has 2 heteroatoms. The Kier molecular flexibility index (Phi) is 2.21. The summed E-state index contributed by atoms with van der Waals surface area (Å²) in [6, 6.07) is 8.35. The normalized spacial score (nSPS) is 30.2. The van der Waals surface area contributed by atoms with Gasteiger partial charge in [-0.15, -0.1) is 0 Å². The predicted molar refractivity (Wildman–Crippen MR) is 68.6 cm³/mol. The summed E-state index contributed by atoms with van der Waals surface area (Å²) >= 11 is 4.13. The van der Waals surface area contributed by atoms with Crippen molar-refractivity contribution in [1.82, 2.24) is 0 Å². The van der Waals surface area contributed by atoms with E-state index < -0.39 is 0 Å². The topological polar surface area (TPSA) is 17.1 Å². The number of rotatable bonds is 2. The molecule has 1 nitrogen and oxygen atoms in total. The van der Waals surface area contributed by atoms with Crippen LogP contribution in [-0.2, 0) is 4.79 Å². The minimum atomic E-state index is -0.110. The third-order valence-electron chi connectivity index (χ3n) is 3.90. The lowest BCUT2D eigenvalue weighted by molar-refractivity contribution is -0.121. The first-order valence-electron chi connectivity index (χ1n) is 5.67. The molecular weight excluding hydrogens is 216 g/mol. The summed E-state index contributed by atoms with van der Waals surface area (Å²) in [4.78, 5) is 11.9. The van der Waals surface area contributed by atoms with Crippen LogP contribution in [0.5, 0.6) is 0 Å². The Morgan fingerprint density at radius 3 is 2.88 bits per heavy atom. The molecular formula is C14H14OS. The highest BCUT2D eigenvalue weighted by Gasteiger charge is 2.56. The molecule has 1 aromatic carbocycles. The fourth-order valence-electron chi connectivity index (χ4n) is 2.74. The van der Waals surface area contributed by atoms with Gasteiger partial charge < -0.3 is 0 Å². The van der Waals surface area contributed by atoms with Crippen molar-refractivity contribution in [2.75, 3.05) is 5.75 Å². The number of thiol groups is 1. The lowest BCUT2D eigenvalue weighted by atomic mass is 9.95. The number of benzene rings is 1. The Morgan fingerprint density at radius 1 is 1.38 bits per heavy atom. The highest BCUT2D eigenvalue weighted by Crippen LogP contribution is 2.57. The molecule has 0 aromatic heterocycles. The number of carbonyl (C=O) groups excluding carboxylic acids is 1. The Balaban J connectivity index is 2.09. The lowest BCUT2D eigenvalue weighted by Crippen LogP contribution is -2.23. The van der Waals surface area contributed by atoms with Gasteiger partial charge in [-0.1, -0.05) is 36.4 Å². The molecule has 2 aliphatic carbocycles. The van der Waals surface area contributed by atoms with E-state index in [-0.39, 0.29) is 5.41 Å². The first-order chi connectivity index (χ1) is 7.76. The minimum Gasteiger partial charge on any atom is -0.298 e. The van der Waals surface area contributed by atoms with Crippen molar-refractivity contribution in [2.24, 2.45) is 11.3 Å². The number of carbonyl (C=O) groups is 1. The molecule has 0 aliphatic heterocycles. The molecule has 0 N–H and O–H groups in total. The van der Waals surface area contributed by atoms with Crippen molar-refractivity contribution in [1.29, 1.82) is 0 Å². The van der Waals surface area contributed by atoms with Gasteiger partial charge in [0, 0.05) is 11.2 Å². The molecule has 3 rings (SSSR count). The van der Waals surface area contributed by atoms with Gasteiger partial charge in [-0.05, 0) is 29.2 Å². The van der Waals surface area contributed by atoms with Crippen LogP contribution in [0.1, 0.15) is 12.8 Å². The Hall–Kier alpha value is -1.02. The van der Waals surface area contributed by atoms with E-state index in [1.54, 1.807) is 0 Å². The smallest absolute Gasteiger partial charge is 0.149 e. The van der Waals surface area contributed by atoms with Crippen molar-refractivity contribution in [2.45, 2.75) is 12.8 Å². The fraction of sp³-hybridized carbons (Fsp3) is 0.357. The van der Waals surface area contributed by atoms with Crippen molar-refractivity contribution < 1.29 is 4.79 Å². The number of hydrogen-bond donors (Lipinski definition) is 1. The molecule has 82 valence electrons. The zero-order valence-corrected chi connectivity index (χ0v) is 9.91. The van der Waals surface area contributed by atoms with Crippen LogP contribution >= 0.6 is 12.6 Å². The maximum atomic E-state index is 11.9. The molecule has 0 radical (unpaired) electrons. The van der Waals surface area contributed by atoms with Crippen molar-refractivity contribution in [3.05, 3.63) is 34.7 Å². The maximum Gasteiger partial charge on any atom is 0.149 e. The van der Waals surface area contributed by atoms with Crippen LogP contribution in [0.4, 0.5) is 0 Å². The van der Waals surface area contributed by atoms with Gasteiger partial charge in [0.15, 0.2) is 0 Å². The lowest BCUT2D eigenvalue weighted by Gasteiger charge is -2.09. The van der Waals surface area contributed by atoms with E-state index in [1.807, 2.05) is 6.07 Å². The first-order valence-corrected chi connectivity index (χ1v) is 6.31. The summed E-state index contributed by atoms with van der Waals surface area (Å²) in [5, 5.41) is 2.54. The van der Waals surface area contributed by atoms with E-state index in [1.165, 1.54) is 10.4 Å². The monoisotopic (exact) mass is 230 g/mol. The van der Waals surface area contributed by atoms with Crippen LogP contribution in [0.3, 0.4) is 0 Å². The Labute approximate surface area is 100 Å². The Bertz CT molecular complexity index is 560. The second-order valence-corrected chi connectivity index (χ2v) is 5.07. The minimum absolute atomic E-state index is 0.110. The van der Waals surface area contributed by atoms with Crippen LogP contribution in [0.25, 0.3) is 12.2 Å². The van der Waals surface area contributed by atoms with Gasteiger partial charge in [0.2, 0.25) is 0 Å². The highest BCUT2D eigenvalue weighted by molar-refractivity contribution is 7.81. The molecule has 2 unspecified atom stereocenters. The zero-order chi connectivity index (χ0) is 11.2. The third kappa shape index (κ3) is 1.36. The first kappa shape index (κ1) is 10.2. The van der Waals surface area contributed by atoms with Crippen LogP contribution in [0.2, 0.25) is 0 Å². The predicted octanol–water partition coefficient (Wildman–Crippen LogP) is 1.16. The number of hydrogen-bond acceptors (Lipinski definition) is 2. The summed E-state index contributed by atoms with van der Waals surface area (Å²) in [7, 11) is 0. The average Bonchev–Trinajstić information content (AvgIpc) is 3.02. The largest absolute Gasteiger partial charge is 0.298 e. The molecule has 0 heterocycles. The molecule has 1 fully saturated rings. The van der Waals surface area contributed by atoms with Gasteiger partial charge in [0.1, 0.15) is 5.78 Å². The fourth-order valence-corrected chi connectivity index (χ4v) is 3.05. The SMILES string of the molecule is O=C(CS)C12CC=c3ccccc3=CC1C2. The van der Waals surface area contributed by atoms with Crippen molar-refractivity contribution >= 4 is 30.6 Å². The van der Waals surface area contributed by atoms with E-state index >= 15 is 0 Å². The maximum absolute atomic E-state index is 11.9. The molecule has 2 aliphatic rings. The molecule has 2 atom stereocenters. The summed E-state index contributed by atoms with van der Waals surface area (Å²) in [5.74, 6) is 1.11. The molecule has 0 bridgehead atoms. The average molecular weight is 230 g/mol. The van der Waals surface area contributed by atoms with E-state index in [2.05, 4.69) is 43.0 Å². The highest BCUT2D eigenvalue weighted by atomic mass is 32.1.